The van der Waals surface area contributed by atoms with Crippen molar-refractivity contribution in [1.82, 2.24) is 10.3 Å². The minimum absolute atomic E-state index is 0.524. The summed E-state index contributed by atoms with van der Waals surface area (Å²) >= 11 is 1.64. The molecule has 1 fully saturated rings. The predicted octanol–water partition coefficient (Wildman–Crippen LogP) is 1.41. The smallest absolute Gasteiger partial charge is 0.0795 e. The van der Waals surface area contributed by atoms with Crippen molar-refractivity contribution in [3.63, 3.8) is 0 Å². The second-order valence-corrected chi connectivity index (χ2v) is 3.99. The number of hydrogen-bond acceptors (Lipinski definition) is 4. The Morgan fingerprint density at radius 1 is 1.69 bits per heavy atom. The lowest BCUT2D eigenvalue weighted by Gasteiger charge is -2.22. The SMILES string of the molecule is c1nc(CNC2CCCOC2)cs1. The van der Waals surface area contributed by atoms with Gasteiger partial charge in [0.05, 0.1) is 17.8 Å². The zero-order valence-electron chi connectivity index (χ0n) is 7.53. The average molecular weight is 198 g/mol. The molecule has 0 radical (unpaired) electrons. The first kappa shape index (κ1) is 9.12. The summed E-state index contributed by atoms with van der Waals surface area (Å²) < 4.78 is 5.37. The molecule has 1 N–H and O–H groups in total. The van der Waals surface area contributed by atoms with Gasteiger partial charge in [0, 0.05) is 24.6 Å². The van der Waals surface area contributed by atoms with Gasteiger partial charge in [0.25, 0.3) is 0 Å². The number of nitrogens with one attached hydrogen (secondary N) is 1. The third kappa shape index (κ3) is 2.76. The van der Waals surface area contributed by atoms with E-state index in [1.54, 1.807) is 11.3 Å². The van der Waals surface area contributed by atoms with Crippen LogP contribution in [0.4, 0.5) is 0 Å². The summed E-state index contributed by atoms with van der Waals surface area (Å²) in [5.74, 6) is 0. The molecule has 1 aromatic heterocycles. The minimum Gasteiger partial charge on any atom is -0.380 e. The van der Waals surface area contributed by atoms with Gasteiger partial charge < -0.3 is 10.1 Å². The number of thiazole rings is 1. The Kier molecular flexibility index (Phi) is 3.29. The topological polar surface area (TPSA) is 34.2 Å². The number of nitrogens with zero attached hydrogens (tertiary/aromatic N) is 1. The lowest BCUT2D eigenvalue weighted by Crippen LogP contribution is -2.36. The van der Waals surface area contributed by atoms with Gasteiger partial charge in [0.1, 0.15) is 0 Å². The summed E-state index contributed by atoms with van der Waals surface area (Å²) in [6, 6.07) is 0.524. The van der Waals surface area contributed by atoms with Crippen LogP contribution in [0.15, 0.2) is 10.9 Å². The van der Waals surface area contributed by atoms with Gasteiger partial charge in [-0.25, -0.2) is 4.98 Å². The van der Waals surface area contributed by atoms with Crippen LogP contribution in [0.3, 0.4) is 0 Å². The van der Waals surface area contributed by atoms with Crippen LogP contribution in [-0.2, 0) is 11.3 Å². The molecule has 0 bridgehead atoms. The van der Waals surface area contributed by atoms with E-state index in [0.29, 0.717) is 6.04 Å². The summed E-state index contributed by atoms with van der Waals surface area (Å²) in [6.07, 6.45) is 2.40. The van der Waals surface area contributed by atoms with Gasteiger partial charge >= 0.3 is 0 Å². The zero-order valence-corrected chi connectivity index (χ0v) is 8.35. The molecule has 72 valence electrons. The van der Waals surface area contributed by atoms with Crippen LogP contribution in [0, 0.1) is 0 Å². The summed E-state index contributed by atoms with van der Waals surface area (Å²) in [4.78, 5) is 4.22. The maximum atomic E-state index is 5.37. The third-order valence-corrected chi connectivity index (χ3v) is 2.85. The zero-order chi connectivity index (χ0) is 8.93. The normalized spacial score (nSPS) is 23.2. The van der Waals surface area contributed by atoms with Crippen molar-refractivity contribution < 1.29 is 4.74 Å². The van der Waals surface area contributed by atoms with Gasteiger partial charge in [-0.05, 0) is 12.8 Å². The molecule has 1 unspecified atom stereocenters. The van der Waals surface area contributed by atoms with E-state index in [-0.39, 0.29) is 0 Å². The Labute approximate surface area is 82.1 Å². The van der Waals surface area contributed by atoms with Crippen LogP contribution < -0.4 is 5.32 Å². The highest BCUT2D eigenvalue weighted by Crippen LogP contribution is 2.07. The van der Waals surface area contributed by atoms with Gasteiger partial charge in [0.15, 0.2) is 0 Å². The Morgan fingerprint density at radius 2 is 2.69 bits per heavy atom. The molecule has 0 aliphatic carbocycles. The van der Waals surface area contributed by atoms with Crippen molar-refractivity contribution in [2.75, 3.05) is 13.2 Å². The molecule has 0 saturated carbocycles. The van der Waals surface area contributed by atoms with Gasteiger partial charge in [0.2, 0.25) is 0 Å². The standard InChI is InChI=1S/C9H14N2OS/c1-2-8(5-12-3-1)10-4-9-6-13-7-11-9/h6-8,10H,1-5H2. The fourth-order valence-electron chi connectivity index (χ4n) is 1.48. The third-order valence-electron chi connectivity index (χ3n) is 2.22. The Balaban J connectivity index is 1.72. The molecular weight excluding hydrogens is 184 g/mol. The van der Waals surface area contributed by atoms with Crippen LogP contribution in [0.5, 0.6) is 0 Å². The van der Waals surface area contributed by atoms with Crippen LogP contribution >= 0.6 is 11.3 Å². The van der Waals surface area contributed by atoms with Crippen molar-refractivity contribution in [3.8, 4) is 0 Å². The van der Waals surface area contributed by atoms with E-state index in [1.165, 1.54) is 12.8 Å². The van der Waals surface area contributed by atoms with Crippen molar-refractivity contribution in [3.05, 3.63) is 16.6 Å². The lowest BCUT2D eigenvalue weighted by atomic mass is 10.1. The summed E-state index contributed by atoms with van der Waals surface area (Å²) in [5, 5.41) is 5.52. The Hall–Kier alpha value is -0.450. The molecule has 1 saturated heterocycles. The highest BCUT2D eigenvalue weighted by Gasteiger charge is 2.12. The van der Waals surface area contributed by atoms with E-state index in [2.05, 4.69) is 15.7 Å². The molecule has 2 heterocycles. The molecule has 2 rings (SSSR count). The maximum absolute atomic E-state index is 5.37. The average Bonchev–Trinajstić information content (AvgIpc) is 2.69. The first-order valence-corrected chi connectivity index (χ1v) is 5.57. The molecule has 1 aromatic rings. The molecule has 0 aromatic carbocycles. The number of rotatable bonds is 3. The molecular formula is C9H14N2OS. The minimum atomic E-state index is 0.524. The molecule has 3 nitrogen and oxygen atoms in total. The van der Waals surface area contributed by atoms with Gasteiger partial charge in [-0.15, -0.1) is 11.3 Å². The first-order valence-electron chi connectivity index (χ1n) is 4.63. The Morgan fingerprint density at radius 3 is 3.38 bits per heavy atom. The molecule has 1 aliphatic rings. The van der Waals surface area contributed by atoms with Crippen molar-refractivity contribution in [2.45, 2.75) is 25.4 Å². The monoisotopic (exact) mass is 198 g/mol. The van der Waals surface area contributed by atoms with Gasteiger partial charge in [-0.3, -0.25) is 0 Å². The summed E-state index contributed by atoms with van der Waals surface area (Å²) in [5.41, 5.74) is 3.00. The molecule has 1 atom stereocenters. The van der Waals surface area contributed by atoms with E-state index in [0.717, 1.165) is 25.5 Å². The van der Waals surface area contributed by atoms with Gasteiger partial charge in [-0.1, -0.05) is 0 Å². The van der Waals surface area contributed by atoms with Crippen LogP contribution in [0.25, 0.3) is 0 Å². The second kappa shape index (κ2) is 4.69. The summed E-state index contributed by atoms with van der Waals surface area (Å²) in [7, 11) is 0. The van der Waals surface area contributed by atoms with E-state index in [9.17, 15) is 0 Å². The van der Waals surface area contributed by atoms with Crippen molar-refractivity contribution in [1.29, 1.82) is 0 Å². The molecule has 4 heteroatoms. The van der Waals surface area contributed by atoms with Crippen molar-refractivity contribution in [2.24, 2.45) is 0 Å². The maximum Gasteiger partial charge on any atom is 0.0795 e. The quantitative estimate of drug-likeness (QED) is 0.797. The number of ether oxygens (including phenoxy) is 1. The van der Waals surface area contributed by atoms with E-state index in [4.69, 9.17) is 4.74 Å². The molecule has 0 spiro atoms. The lowest BCUT2D eigenvalue weighted by molar-refractivity contribution is 0.0698. The number of aromatic nitrogens is 1. The van der Waals surface area contributed by atoms with E-state index < -0.39 is 0 Å². The molecule has 1 aliphatic heterocycles. The largest absolute Gasteiger partial charge is 0.380 e. The van der Waals surface area contributed by atoms with Crippen LogP contribution in [0.1, 0.15) is 18.5 Å². The van der Waals surface area contributed by atoms with E-state index >= 15 is 0 Å². The fourth-order valence-corrected chi connectivity index (χ4v) is 2.03. The highest BCUT2D eigenvalue weighted by molar-refractivity contribution is 7.07. The van der Waals surface area contributed by atoms with Crippen LogP contribution in [-0.4, -0.2) is 24.2 Å². The highest BCUT2D eigenvalue weighted by atomic mass is 32.1. The Bertz CT molecular complexity index is 232. The van der Waals surface area contributed by atoms with E-state index in [1.807, 2.05) is 5.51 Å². The number of hydrogen-bond donors (Lipinski definition) is 1. The molecule has 0 amide bonds. The fraction of sp³-hybridized carbons (Fsp3) is 0.667. The van der Waals surface area contributed by atoms with Gasteiger partial charge in [-0.2, -0.15) is 0 Å². The van der Waals surface area contributed by atoms with Crippen LogP contribution in [0.2, 0.25) is 0 Å². The second-order valence-electron chi connectivity index (χ2n) is 3.27. The first-order chi connectivity index (χ1) is 6.45. The summed E-state index contributed by atoms with van der Waals surface area (Å²) in [6.45, 7) is 2.65. The molecule has 13 heavy (non-hydrogen) atoms. The van der Waals surface area contributed by atoms with Crippen molar-refractivity contribution >= 4 is 11.3 Å². The predicted molar refractivity (Wildman–Crippen MR) is 52.8 cm³/mol.